The van der Waals surface area contributed by atoms with Gasteiger partial charge in [0.2, 0.25) is 0 Å². The van der Waals surface area contributed by atoms with Crippen molar-refractivity contribution in [2.75, 3.05) is 13.7 Å². The van der Waals surface area contributed by atoms with Gasteiger partial charge in [-0.2, -0.15) is 10.5 Å². The zero-order chi connectivity index (χ0) is 13.4. The van der Waals surface area contributed by atoms with Crippen LogP contribution < -0.4 is 9.47 Å². The molecular weight excluding hydrogens is 228 g/mol. The van der Waals surface area contributed by atoms with Gasteiger partial charge in [-0.05, 0) is 30.2 Å². The molecule has 1 aromatic rings. The van der Waals surface area contributed by atoms with Gasteiger partial charge in [0, 0.05) is 0 Å². The number of benzene rings is 1. The van der Waals surface area contributed by atoms with E-state index in [2.05, 4.69) is 0 Å². The molecule has 0 amide bonds. The molecule has 18 heavy (non-hydrogen) atoms. The van der Waals surface area contributed by atoms with Gasteiger partial charge in [-0.1, -0.05) is 13.0 Å². The van der Waals surface area contributed by atoms with Crippen LogP contribution in [0.1, 0.15) is 18.9 Å². The number of rotatable bonds is 5. The maximum atomic E-state index is 8.70. The highest BCUT2D eigenvalue weighted by molar-refractivity contribution is 5.64. The highest BCUT2D eigenvalue weighted by Gasteiger charge is 2.05. The van der Waals surface area contributed by atoms with Crippen molar-refractivity contribution < 1.29 is 9.47 Å². The van der Waals surface area contributed by atoms with E-state index < -0.39 is 0 Å². The van der Waals surface area contributed by atoms with Crippen molar-refractivity contribution in [3.05, 3.63) is 29.3 Å². The fraction of sp³-hybridized carbons (Fsp3) is 0.286. The maximum Gasteiger partial charge on any atom is 0.161 e. The summed E-state index contributed by atoms with van der Waals surface area (Å²) >= 11 is 0. The number of hydrogen-bond acceptors (Lipinski definition) is 4. The molecule has 0 aliphatic heterocycles. The predicted octanol–water partition coefficient (Wildman–Crippen LogP) is 2.91. The molecule has 0 saturated heterocycles. The van der Waals surface area contributed by atoms with Crippen LogP contribution in [0.15, 0.2) is 23.8 Å². The smallest absolute Gasteiger partial charge is 0.161 e. The van der Waals surface area contributed by atoms with Gasteiger partial charge in [-0.3, -0.25) is 0 Å². The second kappa shape index (κ2) is 6.98. The van der Waals surface area contributed by atoms with Crippen molar-refractivity contribution in [1.29, 1.82) is 10.5 Å². The van der Waals surface area contributed by atoms with Gasteiger partial charge in [0.25, 0.3) is 0 Å². The second-order valence-corrected chi connectivity index (χ2v) is 3.54. The molecule has 0 atom stereocenters. The van der Waals surface area contributed by atoms with Gasteiger partial charge in [-0.15, -0.1) is 0 Å². The van der Waals surface area contributed by atoms with E-state index in [-0.39, 0.29) is 5.57 Å². The molecule has 4 heteroatoms. The molecule has 0 fully saturated rings. The number of nitrogens with zero attached hydrogens (tertiary/aromatic N) is 2. The molecule has 0 aliphatic carbocycles. The first-order valence-corrected chi connectivity index (χ1v) is 5.57. The topological polar surface area (TPSA) is 66.0 Å². The average Bonchev–Trinajstić information content (AvgIpc) is 2.42. The van der Waals surface area contributed by atoms with E-state index in [0.717, 1.165) is 12.0 Å². The van der Waals surface area contributed by atoms with E-state index in [9.17, 15) is 0 Å². The van der Waals surface area contributed by atoms with Crippen molar-refractivity contribution in [1.82, 2.24) is 0 Å². The molecule has 0 aromatic heterocycles. The number of ether oxygens (including phenoxy) is 2. The van der Waals surface area contributed by atoms with Crippen LogP contribution in [0.4, 0.5) is 0 Å². The molecule has 0 aliphatic rings. The zero-order valence-corrected chi connectivity index (χ0v) is 10.4. The molecular formula is C14H14N2O2. The Bertz CT molecular complexity index is 506. The molecule has 0 spiro atoms. The van der Waals surface area contributed by atoms with Crippen molar-refractivity contribution in [2.24, 2.45) is 0 Å². The van der Waals surface area contributed by atoms with E-state index in [1.165, 1.54) is 6.08 Å². The fourth-order valence-corrected chi connectivity index (χ4v) is 1.36. The van der Waals surface area contributed by atoms with Crippen LogP contribution in [-0.2, 0) is 0 Å². The largest absolute Gasteiger partial charge is 0.493 e. The van der Waals surface area contributed by atoms with Crippen LogP contribution in [0, 0.1) is 22.7 Å². The van der Waals surface area contributed by atoms with Gasteiger partial charge in [0.1, 0.15) is 17.7 Å². The van der Waals surface area contributed by atoms with Gasteiger partial charge < -0.3 is 9.47 Å². The van der Waals surface area contributed by atoms with Crippen LogP contribution in [0.5, 0.6) is 11.5 Å². The summed E-state index contributed by atoms with van der Waals surface area (Å²) in [7, 11) is 1.57. The van der Waals surface area contributed by atoms with Gasteiger partial charge in [0.05, 0.1) is 13.7 Å². The third-order valence-corrected chi connectivity index (χ3v) is 2.20. The van der Waals surface area contributed by atoms with Crippen molar-refractivity contribution in [3.8, 4) is 23.6 Å². The quantitative estimate of drug-likeness (QED) is 0.744. The molecule has 0 saturated carbocycles. The fourth-order valence-electron chi connectivity index (χ4n) is 1.36. The first-order valence-electron chi connectivity index (χ1n) is 5.57. The lowest BCUT2D eigenvalue weighted by molar-refractivity contribution is 0.294. The Kier molecular flexibility index (Phi) is 5.28. The first kappa shape index (κ1) is 13.6. The highest BCUT2D eigenvalue weighted by Crippen LogP contribution is 2.29. The lowest BCUT2D eigenvalue weighted by Gasteiger charge is -2.10. The molecule has 0 N–H and O–H groups in total. The van der Waals surface area contributed by atoms with E-state index >= 15 is 0 Å². The monoisotopic (exact) mass is 242 g/mol. The third-order valence-electron chi connectivity index (χ3n) is 2.20. The summed E-state index contributed by atoms with van der Waals surface area (Å²) in [6.07, 6.45) is 2.41. The Balaban J connectivity index is 3.07. The summed E-state index contributed by atoms with van der Waals surface area (Å²) < 4.78 is 10.7. The first-order chi connectivity index (χ1) is 8.74. The Morgan fingerprint density at radius 1 is 1.28 bits per heavy atom. The third kappa shape index (κ3) is 3.54. The maximum absolute atomic E-state index is 8.70. The molecule has 0 bridgehead atoms. The lowest BCUT2D eigenvalue weighted by atomic mass is 10.1. The van der Waals surface area contributed by atoms with E-state index in [1.807, 2.05) is 19.1 Å². The second-order valence-electron chi connectivity index (χ2n) is 3.54. The van der Waals surface area contributed by atoms with Gasteiger partial charge in [0.15, 0.2) is 11.5 Å². The zero-order valence-electron chi connectivity index (χ0n) is 10.4. The van der Waals surface area contributed by atoms with Gasteiger partial charge >= 0.3 is 0 Å². The summed E-state index contributed by atoms with van der Waals surface area (Å²) in [6.45, 7) is 2.60. The molecule has 0 heterocycles. The lowest BCUT2D eigenvalue weighted by Crippen LogP contribution is -1.98. The molecule has 1 aromatic carbocycles. The number of nitriles is 2. The number of hydrogen-bond donors (Lipinski definition) is 0. The average molecular weight is 242 g/mol. The summed E-state index contributed by atoms with van der Waals surface area (Å²) in [5.74, 6) is 1.25. The van der Waals surface area contributed by atoms with E-state index in [4.69, 9.17) is 20.0 Å². The van der Waals surface area contributed by atoms with Crippen molar-refractivity contribution in [2.45, 2.75) is 13.3 Å². The van der Waals surface area contributed by atoms with Crippen LogP contribution in [-0.4, -0.2) is 13.7 Å². The minimum absolute atomic E-state index is 0.0570. The molecule has 92 valence electrons. The standard InChI is InChI=1S/C14H14N2O2/c1-3-6-18-14-8-11(4-5-13(14)17-2)7-12(9-15)10-16/h4-5,7-8H,3,6H2,1-2H3. The van der Waals surface area contributed by atoms with Gasteiger partial charge in [-0.25, -0.2) is 0 Å². The molecule has 0 radical (unpaired) electrons. The van der Waals surface area contributed by atoms with Crippen LogP contribution in [0.2, 0.25) is 0 Å². The SMILES string of the molecule is CCCOc1cc(C=C(C#N)C#N)ccc1OC. The Morgan fingerprint density at radius 3 is 2.56 bits per heavy atom. The van der Waals surface area contributed by atoms with Crippen LogP contribution >= 0.6 is 0 Å². The minimum atomic E-state index is 0.0570. The normalized spacial score (nSPS) is 8.89. The van der Waals surface area contributed by atoms with E-state index in [1.54, 1.807) is 25.3 Å². The number of methoxy groups -OCH3 is 1. The summed E-state index contributed by atoms with van der Waals surface area (Å²) in [4.78, 5) is 0. The Hall–Kier alpha value is -2.46. The summed E-state index contributed by atoms with van der Waals surface area (Å²) in [6, 6.07) is 8.92. The van der Waals surface area contributed by atoms with Crippen LogP contribution in [0.25, 0.3) is 6.08 Å². The summed E-state index contributed by atoms with van der Waals surface area (Å²) in [5.41, 5.74) is 0.793. The predicted molar refractivity (Wildman–Crippen MR) is 68.0 cm³/mol. The van der Waals surface area contributed by atoms with Crippen LogP contribution in [0.3, 0.4) is 0 Å². The Labute approximate surface area is 107 Å². The molecule has 0 unspecified atom stereocenters. The Morgan fingerprint density at radius 2 is 2.00 bits per heavy atom. The highest BCUT2D eigenvalue weighted by atomic mass is 16.5. The molecule has 1 rings (SSSR count). The van der Waals surface area contributed by atoms with Crippen molar-refractivity contribution in [3.63, 3.8) is 0 Å². The summed E-state index contributed by atoms with van der Waals surface area (Å²) in [5, 5.41) is 17.4. The van der Waals surface area contributed by atoms with E-state index in [0.29, 0.717) is 18.1 Å². The molecule has 4 nitrogen and oxygen atoms in total. The minimum Gasteiger partial charge on any atom is -0.493 e. The van der Waals surface area contributed by atoms with Crippen molar-refractivity contribution >= 4 is 6.08 Å². The number of allylic oxidation sites excluding steroid dienone is 1.